The first-order valence-electron chi connectivity index (χ1n) is 7.07. The molecule has 2 rings (SSSR count). The number of carbonyl (C=O) groups is 1. The minimum absolute atomic E-state index is 0.155. The number of carbonyl (C=O) groups excluding carboxylic acids is 1. The lowest BCUT2D eigenvalue weighted by Crippen LogP contribution is -2.30. The second kappa shape index (κ2) is 6.44. The highest BCUT2D eigenvalue weighted by Crippen LogP contribution is 2.18. The Morgan fingerprint density at radius 2 is 1.67 bits per heavy atom. The number of aryl methyl sites for hydroxylation is 3. The summed E-state index contributed by atoms with van der Waals surface area (Å²) in [5.41, 5.74) is 4.30. The van der Waals surface area contributed by atoms with Crippen LogP contribution in [-0.4, -0.2) is 12.0 Å². The van der Waals surface area contributed by atoms with E-state index in [1.807, 2.05) is 63.2 Å². The molecule has 0 saturated heterocycles. The minimum Gasteiger partial charge on any atom is -0.481 e. The smallest absolute Gasteiger partial charge is 0.265 e. The van der Waals surface area contributed by atoms with E-state index in [1.165, 1.54) is 5.56 Å². The number of nitrogens with one attached hydrogen (secondary N) is 1. The number of rotatable bonds is 4. The highest BCUT2D eigenvalue weighted by molar-refractivity contribution is 5.94. The zero-order valence-corrected chi connectivity index (χ0v) is 12.9. The molecule has 0 radical (unpaired) electrons. The van der Waals surface area contributed by atoms with E-state index < -0.39 is 6.10 Å². The van der Waals surface area contributed by atoms with Crippen molar-refractivity contribution in [3.8, 4) is 5.75 Å². The molecule has 0 fully saturated rings. The number of benzene rings is 2. The van der Waals surface area contributed by atoms with Gasteiger partial charge in [-0.25, -0.2) is 0 Å². The summed E-state index contributed by atoms with van der Waals surface area (Å²) in [6.45, 7) is 7.83. The Labute approximate surface area is 126 Å². The Kier molecular flexibility index (Phi) is 4.63. The molecular weight excluding hydrogens is 262 g/mol. The normalized spacial score (nSPS) is 11.8. The average Bonchev–Trinajstić information content (AvgIpc) is 2.45. The highest BCUT2D eigenvalue weighted by atomic mass is 16.5. The van der Waals surface area contributed by atoms with Gasteiger partial charge < -0.3 is 10.1 Å². The van der Waals surface area contributed by atoms with Crippen molar-refractivity contribution in [1.29, 1.82) is 0 Å². The molecule has 2 aromatic carbocycles. The van der Waals surface area contributed by atoms with E-state index in [0.29, 0.717) is 5.75 Å². The molecule has 0 aliphatic rings. The maximum atomic E-state index is 12.1. The Hall–Kier alpha value is -2.29. The third kappa shape index (κ3) is 4.09. The van der Waals surface area contributed by atoms with Crippen molar-refractivity contribution in [2.75, 3.05) is 5.32 Å². The maximum Gasteiger partial charge on any atom is 0.265 e. The Morgan fingerprint density at radius 3 is 2.29 bits per heavy atom. The van der Waals surface area contributed by atoms with Crippen LogP contribution < -0.4 is 10.1 Å². The lowest BCUT2D eigenvalue weighted by atomic mass is 10.1. The quantitative estimate of drug-likeness (QED) is 0.920. The Balaban J connectivity index is 1.98. The van der Waals surface area contributed by atoms with Crippen molar-refractivity contribution >= 4 is 11.6 Å². The number of anilines is 1. The molecular formula is C18H21NO2. The molecule has 0 spiro atoms. The summed E-state index contributed by atoms with van der Waals surface area (Å²) in [7, 11) is 0. The molecule has 1 atom stereocenters. The van der Waals surface area contributed by atoms with E-state index in [4.69, 9.17) is 4.74 Å². The molecule has 2 aromatic rings. The molecule has 0 heterocycles. The molecule has 1 amide bonds. The Bertz CT molecular complexity index is 632. The molecule has 3 nitrogen and oxygen atoms in total. The second-order valence-corrected chi connectivity index (χ2v) is 5.36. The molecule has 0 saturated carbocycles. The molecule has 0 aliphatic carbocycles. The van der Waals surface area contributed by atoms with Gasteiger partial charge in [-0.2, -0.15) is 0 Å². The molecule has 21 heavy (non-hydrogen) atoms. The topological polar surface area (TPSA) is 38.3 Å². The summed E-state index contributed by atoms with van der Waals surface area (Å²) < 4.78 is 5.70. The standard InChI is InChI=1S/C18H21NO2/c1-12-5-8-16(9-6-12)19-18(20)15(4)21-17-10-7-13(2)14(3)11-17/h5-11,15H,1-4H3,(H,19,20)/t15-/m0/s1. The van der Waals surface area contributed by atoms with Crippen molar-refractivity contribution < 1.29 is 9.53 Å². The van der Waals surface area contributed by atoms with E-state index >= 15 is 0 Å². The fourth-order valence-corrected chi connectivity index (χ4v) is 1.93. The summed E-state index contributed by atoms with van der Waals surface area (Å²) in [6.07, 6.45) is -0.548. The summed E-state index contributed by atoms with van der Waals surface area (Å²) >= 11 is 0. The first-order valence-corrected chi connectivity index (χ1v) is 7.07. The van der Waals surface area contributed by atoms with E-state index in [2.05, 4.69) is 5.32 Å². The van der Waals surface area contributed by atoms with Gasteiger partial charge in [0.15, 0.2) is 6.10 Å². The first-order chi connectivity index (χ1) is 9.95. The van der Waals surface area contributed by atoms with Gasteiger partial charge in [0, 0.05) is 5.69 Å². The second-order valence-electron chi connectivity index (χ2n) is 5.36. The number of ether oxygens (including phenoxy) is 1. The van der Waals surface area contributed by atoms with E-state index in [-0.39, 0.29) is 5.91 Å². The van der Waals surface area contributed by atoms with Gasteiger partial charge in [0.05, 0.1) is 0 Å². The maximum absolute atomic E-state index is 12.1. The minimum atomic E-state index is -0.548. The lowest BCUT2D eigenvalue weighted by molar-refractivity contribution is -0.122. The van der Waals surface area contributed by atoms with Gasteiger partial charge in [-0.05, 0) is 63.1 Å². The number of hydrogen-bond acceptors (Lipinski definition) is 2. The van der Waals surface area contributed by atoms with Crippen molar-refractivity contribution in [3.63, 3.8) is 0 Å². The molecule has 3 heteroatoms. The van der Waals surface area contributed by atoms with Crippen molar-refractivity contribution in [2.24, 2.45) is 0 Å². The van der Waals surface area contributed by atoms with E-state index in [0.717, 1.165) is 16.8 Å². The van der Waals surface area contributed by atoms with Gasteiger partial charge in [-0.3, -0.25) is 4.79 Å². The predicted octanol–water partition coefficient (Wildman–Crippen LogP) is 4.02. The molecule has 0 bridgehead atoms. The number of amides is 1. The summed E-state index contributed by atoms with van der Waals surface area (Å²) in [6, 6.07) is 13.5. The number of hydrogen-bond donors (Lipinski definition) is 1. The molecule has 0 aromatic heterocycles. The average molecular weight is 283 g/mol. The van der Waals surface area contributed by atoms with Crippen LogP contribution in [0.15, 0.2) is 42.5 Å². The first kappa shape index (κ1) is 15.1. The molecule has 110 valence electrons. The third-order valence-corrected chi connectivity index (χ3v) is 3.48. The molecule has 0 unspecified atom stereocenters. The lowest BCUT2D eigenvalue weighted by Gasteiger charge is -2.15. The van der Waals surface area contributed by atoms with Gasteiger partial charge in [-0.15, -0.1) is 0 Å². The fourth-order valence-electron chi connectivity index (χ4n) is 1.93. The van der Waals surface area contributed by atoms with Crippen LogP contribution in [0.5, 0.6) is 5.75 Å². The van der Waals surface area contributed by atoms with Gasteiger partial charge in [0.1, 0.15) is 5.75 Å². The summed E-state index contributed by atoms with van der Waals surface area (Å²) in [4.78, 5) is 12.1. The predicted molar refractivity (Wildman–Crippen MR) is 85.8 cm³/mol. The molecule has 0 aliphatic heterocycles. The Morgan fingerprint density at radius 1 is 1.00 bits per heavy atom. The van der Waals surface area contributed by atoms with Crippen molar-refractivity contribution in [2.45, 2.75) is 33.8 Å². The van der Waals surface area contributed by atoms with Crippen molar-refractivity contribution in [1.82, 2.24) is 0 Å². The van der Waals surface area contributed by atoms with Crippen LogP contribution in [0.25, 0.3) is 0 Å². The van der Waals surface area contributed by atoms with Crippen molar-refractivity contribution in [3.05, 3.63) is 59.2 Å². The van der Waals surface area contributed by atoms with Crippen LogP contribution >= 0.6 is 0 Å². The van der Waals surface area contributed by atoms with Gasteiger partial charge >= 0.3 is 0 Å². The van der Waals surface area contributed by atoms with Crippen LogP contribution in [0.1, 0.15) is 23.6 Å². The van der Waals surface area contributed by atoms with Gasteiger partial charge in [0.2, 0.25) is 0 Å². The summed E-state index contributed by atoms with van der Waals surface area (Å²) in [5.74, 6) is 0.557. The van der Waals surface area contributed by atoms with Crippen LogP contribution in [0.2, 0.25) is 0 Å². The van der Waals surface area contributed by atoms with Crippen LogP contribution in [0, 0.1) is 20.8 Å². The van der Waals surface area contributed by atoms with Crippen LogP contribution in [0.4, 0.5) is 5.69 Å². The highest BCUT2D eigenvalue weighted by Gasteiger charge is 2.15. The zero-order valence-electron chi connectivity index (χ0n) is 12.9. The summed E-state index contributed by atoms with van der Waals surface area (Å²) in [5, 5.41) is 2.85. The van der Waals surface area contributed by atoms with E-state index in [1.54, 1.807) is 6.92 Å². The SMILES string of the molecule is Cc1ccc(NC(=O)[C@H](C)Oc2ccc(C)c(C)c2)cc1. The largest absolute Gasteiger partial charge is 0.481 e. The molecule has 1 N–H and O–H groups in total. The van der Waals surface area contributed by atoms with Crippen LogP contribution in [-0.2, 0) is 4.79 Å². The van der Waals surface area contributed by atoms with Crippen LogP contribution in [0.3, 0.4) is 0 Å². The van der Waals surface area contributed by atoms with Gasteiger partial charge in [0.25, 0.3) is 5.91 Å². The zero-order chi connectivity index (χ0) is 15.4. The fraction of sp³-hybridized carbons (Fsp3) is 0.278. The monoisotopic (exact) mass is 283 g/mol. The van der Waals surface area contributed by atoms with Gasteiger partial charge in [-0.1, -0.05) is 23.8 Å². The third-order valence-electron chi connectivity index (χ3n) is 3.48. The van der Waals surface area contributed by atoms with E-state index in [9.17, 15) is 4.79 Å².